The van der Waals surface area contributed by atoms with Gasteiger partial charge in [-0.05, 0) is 55.2 Å². The summed E-state index contributed by atoms with van der Waals surface area (Å²) in [6.45, 7) is -0.362. The van der Waals surface area contributed by atoms with E-state index < -0.39 is 96.3 Å². The minimum Gasteiger partial charge on any atom is -0.423 e. The number of carbonyl (C=O) groups excluding carboxylic acids is 3. The van der Waals surface area contributed by atoms with Crippen LogP contribution < -0.4 is 26.3 Å². The molecule has 1 aliphatic carbocycles. The van der Waals surface area contributed by atoms with Gasteiger partial charge in [0, 0.05) is 29.7 Å². The molecule has 11 nitrogen and oxygen atoms in total. The number of anilines is 1. The Kier molecular flexibility index (Phi) is 10.9. The third-order valence-electron chi connectivity index (χ3n) is 8.12. The van der Waals surface area contributed by atoms with E-state index in [2.05, 4.69) is 15.1 Å². The van der Waals surface area contributed by atoms with Crippen molar-refractivity contribution in [3.63, 3.8) is 0 Å². The molecule has 19 heteroatoms. The minimum absolute atomic E-state index is 0.0540. The van der Waals surface area contributed by atoms with E-state index in [4.69, 9.17) is 0 Å². The molecule has 276 valence electrons. The van der Waals surface area contributed by atoms with Crippen molar-refractivity contribution in [3.8, 4) is 0 Å². The fraction of sp³-hybridized carbons (Fsp3) is 0.273. The van der Waals surface area contributed by atoms with Gasteiger partial charge in [0.05, 0.1) is 10.5 Å². The largest absolute Gasteiger partial charge is 0.423 e. The molecule has 4 aromatic rings. The van der Waals surface area contributed by atoms with Gasteiger partial charge in [0.25, 0.3) is 21.8 Å². The molecule has 0 bridgehead atoms. The summed E-state index contributed by atoms with van der Waals surface area (Å²) in [4.78, 5) is 48.7. The third-order valence-corrected chi connectivity index (χ3v) is 9.47. The van der Waals surface area contributed by atoms with Gasteiger partial charge in [-0.2, -0.15) is 13.2 Å². The zero-order chi connectivity index (χ0) is 38.0. The summed E-state index contributed by atoms with van der Waals surface area (Å²) < 4.78 is 132. The van der Waals surface area contributed by atoms with Crippen molar-refractivity contribution in [2.24, 2.45) is 0 Å². The lowest BCUT2D eigenvalue weighted by Gasteiger charge is -2.22. The quantitative estimate of drug-likeness (QED) is 0.0937. The van der Waals surface area contributed by atoms with Crippen LogP contribution in [0.4, 0.5) is 41.2 Å². The van der Waals surface area contributed by atoms with E-state index in [1.807, 2.05) is 10.0 Å². The molecule has 0 atom stereocenters. The van der Waals surface area contributed by atoms with Gasteiger partial charge in [-0.15, -0.1) is 0 Å². The number of hydrogen-bond donors (Lipinski definition) is 4. The molecule has 0 saturated heterocycles. The Balaban J connectivity index is 1.23. The minimum atomic E-state index is -5.04. The fourth-order valence-electron chi connectivity index (χ4n) is 5.59. The van der Waals surface area contributed by atoms with Crippen LogP contribution in [0.1, 0.15) is 63.9 Å². The third kappa shape index (κ3) is 8.35. The molecule has 1 saturated carbocycles. The van der Waals surface area contributed by atoms with E-state index in [0.717, 1.165) is 44.2 Å². The molecule has 4 amide bonds. The van der Waals surface area contributed by atoms with Crippen molar-refractivity contribution in [1.29, 1.82) is 0 Å². The first-order valence-electron chi connectivity index (χ1n) is 15.5. The van der Waals surface area contributed by atoms with Crippen LogP contribution in [0.15, 0.2) is 62.6 Å². The van der Waals surface area contributed by atoms with Gasteiger partial charge < -0.3 is 20.4 Å². The van der Waals surface area contributed by atoms with Crippen LogP contribution >= 0.6 is 0 Å². The normalized spacial score (nSPS) is 13.8. The molecule has 5 rings (SSSR count). The van der Waals surface area contributed by atoms with Crippen molar-refractivity contribution < 1.29 is 58.0 Å². The number of fused-ring (bicyclic) bond motifs is 1. The summed E-state index contributed by atoms with van der Waals surface area (Å²) in [5.74, 6) is -12.5. The Morgan fingerprint density at radius 2 is 1.40 bits per heavy atom. The zero-order valence-electron chi connectivity index (χ0n) is 26.6. The van der Waals surface area contributed by atoms with Crippen molar-refractivity contribution in [1.82, 2.24) is 15.4 Å². The number of rotatable bonds is 9. The summed E-state index contributed by atoms with van der Waals surface area (Å²) >= 11 is 0. The standard InChI is InChI=1S/C33H27F7N4O7S/c34-26-24(30(46)41-13-12-16-6-9-19(10-7-16)52(49,50)44-32(48)43-17-4-2-1-3-5-17)27(35)29(37)25(28(26)36)31(47)42-18-8-11-22-20(14-18)21(33(38,39)40)15-23(45)51-22/h6-11,14-15,17H,1-5,12-13H2,(H,41,46)(H,42,47)(H2,43,44,48). The molecular weight excluding hydrogens is 729 g/mol. The molecule has 4 N–H and O–H groups in total. The highest BCUT2D eigenvalue weighted by Crippen LogP contribution is 2.35. The number of alkyl halides is 3. The number of hydrogen-bond acceptors (Lipinski definition) is 7. The first-order chi connectivity index (χ1) is 24.5. The van der Waals surface area contributed by atoms with Crippen LogP contribution in [0.5, 0.6) is 0 Å². The van der Waals surface area contributed by atoms with E-state index >= 15 is 0 Å². The number of amides is 4. The van der Waals surface area contributed by atoms with Crippen LogP contribution in [0, 0.1) is 23.3 Å². The lowest BCUT2D eigenvalue weighted by atomic mass is 9.96. The Morgan fingerprint density at radius 3 is 2.00 bits per heavy atom. The predicted octanol–water partition coefficient (Wildman–Crippen LogP) is 5.91. The van der Waals surface area contributed by atoms with E-state index in [1.54, 1.807) is 0 Å². The molecule has 1 aromatic heterocycles. The number of halogens is 7. The maximum absolute atomic E-state index is 15.0. The van der Waals surface area contributed by atoms with Crippen LogP contribution in [0.3, 0.4) is 0 Å². The molecule has 0 radical (unpaired) electrons. The van der Waals surface area contributed by atoms with Crippen LogP contribution in [-0.2, 0) is 22.6 Å². The number of nitrogens with one attached hydrogen (secondary N) is 4. The van der Waals surface area contributed by atoms with Crippen molar-refractivity contribution in [3.05, 3.63) is 104 Å². The number of carbonyl (C=O) groups is 3. The molecule has 52 heavy (non-hydrogen) atoms. The second kappa shape index (κ2) is 15.0. The highest BCUT2D eigenvalue weighted by molar-refractivity contribution is 7.90. The van der Waals surface area contributed by atoms with Crippen molar-refractivity contribution in [2.75, 3.05) is 11.9 Å². The van der Waals surface area contributed by atoms with Crippen LogP contribution in [0.2, 0.25) is 0 Å². The van der Waals surface area contributed by atoms with Gasteiger partial charge in [-0.25, -0.2) is 40.3 Å². The maximum atomic E-state index is 15.0. The number of urea groups is 1. The molecule has 1 fully saturated rings. The van der Waals surface area contributed by atoms with Gasteiger partial charge in [-0.1, -0.05) is 31.4 Å². The summed E-state index contributed by atoms with van der Waals surface area (Å²) in [6, 6.07) is 6.55. The fourth-order valence-corrected chi connectivity index (χ4v) is 6.50. The number of sulfonamides is 1. The molecule has 1 aliphatic rings. The van der Waals surface area contributed by atoms with Crippen molar-refractivity contribution in [2.45, 2.75) is 55.6 Å². The van der Waals surface area contributed by atoms with Gasteiger partial charge in [-0.3, -0.25) is 9.59 Å². The van der Waals surface area contributed by atoms with Crippen LogP contribution in [-0.4, -0.2) is 38.8 Å². The first-order valence-corrected chi connectivity index (χ1v) is 17.0. The molecule has 1 heterocycles. The van der Waals surface area contributed by atoms with Gasteiger partial charge in [0.2, 0.25) is 0 Å². The van der Waals surface area contributed by atoms with E-state index in [9.17, 15) is 58.3 Å². The van der Waals surface area contributed by atoms with Gasteiger partial charge >= 0.3 is 17.8 Å². The molecule has 0 aliphatic heterocycles. The van der Waals surface area contributed by atoms with Crippen molar-refractivity contribution >= 4 is 44.5 Å². The first kappa shape index (κ1) is 37.8. The van der Waals surface area contributed by atoms with Crippen LogP contribution in [0.25, 0.3) is 11.0 Å². The Morgan fingerprint density at radius 1 is 0.808 bits per heavy atom. The van der Waals surface area contributed by atoms with Gasteiger partial charge in [0.15, 0.2) is 23.3 Å². The highest BCUT2D eigenvalue weighted by Gasteiger charge is 2.35. The Hall–Kier alpha value is -5.46. The lowest BCUT2D eigenvalue weighted by molar-refractivity contribution is -0.136. The van der Waals surface area contributed by atoms with E-state index in [0.29, 0.717) is 11.6 Å². The summed E-state index contributed by atoms with van der Waals surface area (Å²) in [6.07, 6.45) is -0.747. The van der Waals surface area contributed by atoms with E-state index in [1.165, 1.54) is 24.3 Å². The predicted molar refractivity (Wildman–Crippen MR) is 170 cm³/mol. The summed E-state index contributed by atoms with van der Waals surface area (Å²) in [5.41, 5.74) is -6.97. The lowest BCUT2D eigenvalue weighted by Crippen LogP contribution is -2.45. The average Bonchev–Trinajstić information content (AvgIpc) is 3.07. The smallest absolute Gasteiger partial charge is 0.417 e. The molecule has 0 unspecified atom stereocenters. The monoisotopic (exact) mass is 756 g/mol. The van der Waals surface area contributed by atoms with Gasteiger partial charge in [0.1, 0.15) is 16.7 Å². The van der Waals surface area contributed by atoms with E-state index in [-0.39, 0.29) is 30.0 Å². The highest BCUT2D eigenvalue weighted by atomic mass is 32.2. The Labute approximate surface area is 289 Å². The summed E-state index contributed by atoms with van der Waals surface area (Å²) in [7, 11) is -4.23. The topological polar surface area (TPSA) is 164 Å². The zero-order valence-corrected chi connectivity index (χ0v) is 27.4. The second-order valence-electron chi connectivity index (χ2n) is 11.7. The average molecular weight is 757 g/mol. The molecule has 3 aromatic carbocycles. The number of benzene rings is 3. The molecular formula is C33H27F7N4O7S. The Bertz CT molecular complexity index is 2190. The summed E-state index contributed by atoms with van der Waals surface area (Å²) in [5, 5.41) is 5.78. The second-order valence-corrected chi connectivity index (χ2v) is 13.4. The molecule has 0 spiro atoms. The maximum Gasteiger partial charge on any atom is 0.417 e. The SMILES string of the molecule is O=C(NC1CCCCC1)NS(=O)(=O)c1ccc(CCNC(=O)c2c(F)c(F)c(C(=O)Nc3ccc4oc(=O)cc(C(F)(F)F)c4c3)c(F)c2F)cc1.